The Kier molecular flexibility index (Phi) is 12.8. The summed E-state index contributed by atoms with van der Waals surface area (Å²) in [4.78, 5) is 29.9. The number of rotatable bonds is 16. The van der Waals surface area contributed by atoms with Gasteiger partial charge in [-0.1, -0.05) is 85.1 Å². The summed E-state index contributed by atoms with van der Waals surface area (Å²) < 4.78 is 35.1. The number of halogens is 1. The number of carbonyl (C=O) groups excluding carboxylic acids is 2. The molecule has 0 aromatic heterocycles. The standard InChI is InChI=1S/C37H42ClN3O5S/c1-4-6-23-39-37(43)35(25-29-11-8-7-9-12-29)40(26-30-13-10-14-31(38)24-30)36(42)27-41(32-17-15-28(3)16-18-32)47(44,45)34-21-19-33(20-22-34)46-5-2/h7-22,24,35H,4-6,23,25-27H2,1-3H3,(H,39,43). The third-order valence-corrected chi connectivity index (χ3v) is 9.69. The van der Waals surface area contributed by atoms with Crippen molar-refractivity contribution in [2.45, 2.75) is 57.5 Å². The molecule has 0 radical (unpaired) electrons. The lowest BCUT2D eigenvalue weighted by Gasteiger charge is -2.34. The maximum Gasteiger partial charge on any atom is 0.264 e. The predicted octanol–water partition coefficient (Wildman–Crippen LogP) is 6.80. The van der Waals surface area contributed by atoms with Crippen LogP contribution in [0.2, 0.25) is 5.02 Å². The lowest BCUT2D eigenvalue weighted by Crippen LogP contribution is -2.53. The van der Waals surface area contributed by atoms with Crippen LogP contribution in [0.15, 0.2) is 108 Å². The lowest BCUT2D eigenvalue weighted by molar-refractivity contribution is -0.140. The Balaban J connectivity index is 1.78. The molecule has 10 heteroatoms. The molecule has 1 atom stereocenters. The van der Waals surface area contributed by atoms with E-state index in [1.54, 1.807) is 54.6 Å². The maximum absolute atomic E-state index is 14.6. The first-order chi connectivity index (χ1) is 22.6. The average Bonchev–Trinajstić information content (AvgIpc) is 3.06. The van der Waals surface area contributed by atoms with E-state index in [1.807, 2.05) is 57.2 Å². The second-order valence-corrected chi connectivity index (χ2v) is 13.6. The van der Waals surface area contributed by atoms with Gasteiger partial charge in [0.25, 0.3) is 10.0 Å². The molecule has 1 unspecified atom stereocenters. The molecule has 0 saturated heterocycles. The minimum Gasteiger partial charge on any atom is -0.494 e. The fourth-order valence-electron chi connectivity index (χ4n) is 5.13. The van der Waals surface area contributed by atoms with Crippen molar-refractivity contribution in [3.05, 3.63) is 125 Å². The van der Waals surface area contributed by atoms with E-state index in [0.717, 1.165) is 28.3 Å². The summed E-state index contributed by atoms with van der Waals surface area (Å²) in [7, 11) is -4.22. The molecule has 0 aliphatic carbocycles. The highest BCUT2D eigenvalue weighted by Gasteiger charge is 2.34. The Morgan fingerprint density at radius 1 is 0.872 bits per heavy atom. The molecular weight excluding hydrogens is 634 g/mol. The van der Waals surface area contributed by atoms with Crippen molar-refractivity contribution in [1.82, 2.24) is 10.2 Å². The summed E-state index contributed by atoms with van der Waals surface area (Å²) in [5.41, 5.74) is 2.84. The van der Waals surface area contributed by atoms with Gasteiger partial charge in [-0.3, -0.25) is 13.9 Å². The van der Waals surface area contributed by atoms with E-state index in [1.165, 1.54) is 17.0 Å². The summed E-state index contributed by atoms with van der Waals surface area (Å²) in [5, 5.41) is 3.48. The van der Waals surface area contributed by atoms with Gasteiger partial charge < -0.3 is 15.0 Å². The summed E-state index contributed by atoms with van der Waals surface area (Å²) in [6.45, 7) is 6.19. The van der Waals surface area contributed by atoms with E-state index in [0.29, 0.717) is 35.2 Å². The number of benzene rings is 4. The number of nitrogens with zero attached hydrogens (tertiary/aromatic N) is 2. The average molecular weight is 676 g/mol. The molecule has 2 amide bonds. The third-order valence-electron chi connectivity index (χ3n) is 7.67. The largest absolute Gasteiger partial charge is 0.494 e. The van der Waals surface area contributed by atoms with E-state index in [2.05, 4.69) is 5.32 Å². The van der Waals surface area contributed by atoms with Gasteiger partial charge in [-0.2, -0.15) is 0 Å². The zero-order chi connectivity index (χ0) is 33.8. The highest BCUT2D eigenvalue weighted by Crippen LogP contribution is 2.27. The van der Waals surface area contributed by atoms with Crippen LogP contribution in [0.4, 0.5) is 5.69 Å². The molecule has 47 heavy (non-hydrogen) atoms. The molecule has 4 aromatic rings. The second-order valence-electron chi connectivity index (χ2n) is 11.3. The zero-order valence-electron chi connectivity index (χ0n) is 27.1. The number of sulfonamides is 1. The topological polar surface area (TPSA) is 96.0 Å². The van der Waals surface area contributed by atoms with Crippen LogP contribution in [0.1, 0.15) is 43.4 Å². The number of hydrogen-bond acceptors (Lipinski definition) is 5. The van der Waals surface area contributed by atoms with Crippen molar-refractivity contribution in [2.24, 2.45) is 0 Å². The minimum absolute atomic E-state index is 0.00821. The van der Waals surface area contributed by atoms with Crippen LogP contribution in [0.5, 0.6) is 5.75 Å². The Morgan fingerprint density at radius 3 is 2.19 bits per heavy atom. The number of amides is 2. The van der Waals surface area contributed by atoms with Gasteiger partial charge in [0.05, 0.1) is 17.2 Å². The van der Waals surface area contributed by atoms with Gasteiger partial charge in [0.1, 0.15) is 18.3 Å². The van der Waals surface area contributed by atoms with Crippen LogP contribution in [-0.4, -0.2) is 50.9 Å². The highest BCUT2D eigenvalue weighted by molar-refractivity contribution is 7.92. The molecule has 0 heterocycles. The van der Waals surface area contributed by atoms with Gasteiger partial charge in [-0.05, 0) is 79.9 Å². The van der Waals surface area contributed by atoms with Crippen LogP contribution < -0.4 is 14.4 Å². The van der Waals surface area contributed by atoms with Crippen molar-refractivity contribution in [3.8, 4) is 5.75 Å². The van der Waals surface area contributed by atoms with E-state index >= 15 is 0 Å². The highest BCUT2D eigenvalue weighted by atomic mass is 35.5. The molecule has 0 fully saturated rings. The minimum atomic E-state index is -4.22. The van der Waals surface area contributed by atoms with Crippen molar-refractivity contribution >= 4 is 39.1 Å². The normalized spacial score (nSPS) is 11.8. The fourth-order valence-corrected chi connectivity index (χ4v) is 6.76. The number of anilines is 1. The Labute approximate surface area is 283 Å². The first-order valence-corrected chi connectivity index (χ1v) is 17.6. The third kappa shape index (κ3) is 9.83. The molecular formula is C37H42ClN3O5S. The van der Waals surface area contributed by atoms with Gasteiger partial charge in [-0.25, -0.2) is 8.42 Å². The van der Waals surface area contributed by atoms with Crippen LogP contribution in [-0.2, 0) is 32.6 Å². The lowest BCUT2D eigenvalue weighted by atomic mass is 10.0. The first-order valence-electron chi connectivity index (χ1n) is 15.8. The van der Waals surface area contributed by atoms with Gasteiger partial charge >= 0.3 is 0 Å². The van der Waals surface area contributed by atoms with Crippen LogP contribution >= 0.6 is 11.6 Å². The van der Waals surface area contributed by atoms with Crippen LogP contribution in [0.25, 0.3) is 0 Å². The summed E-state index contributed by atoms with van der Waals surface area (Å²) in [6, 6.07) is 28.7. The number of carbonyl (C=O) groups is 2. The van der Waals surface area contributed by atoms with Crippen LogP contribution in [0, 0.1) is 6.92 Å². The fraction of sp³-hybridized carbons (Fsp3) is 0.297. The number of aryl methyl sites for hydroxylation is 1. The molecule has 4 rings (SSSR count). The van der Waals surface area contributed by atoms with Crippen LogP contribution in [0.3, 0.4) is 0 Å². The molecule has 0 bridgehead atoms. The first kappa shape index (κ1) is 35.5. The molecule has 0 aliphatic heterocycles. The zero-order valence-corrected chi connectivity index (χ0v) is 28.6. The quantitative estimate of drug-likeness (QED) is 0.132. The second kappa shape index (κ2) is 17.0. The maximum atomic E-state index is 14.6. The van der Waals surface area contributed by atoms with E-state index in [-0.39, 0.29) is 23.8 Å². The van der Waals surface area contributed by atoms with Gasteiger partial charge in [0, 0.05) is 24.5 Å². The molecule has 0 aliphatic rings. The molecule has 0 saturated carbocycles. The number of hydrogen-bond donors (Lipinski definition) is 1. The predicted molar refractivity (Wildman–Crippen MR) is 187 cm³/mol. The van der Waals surface area contributed by atoms with Crippen molar-refractivity contribution in [3.63, 3.8) is 0 Å². The molecule has 4 aromatic carbocycles. The van der Waals surface area contributed by atoms with Gasteiger partial charge in [0.15, 0.2) is 0 Å². The van der Waals surface area contributed by atoms with Gasteiger partial charge in [0.2, 0.25) is 11.8 Å². The molecule has 248 valence electrons. The number of nitrogens with one attached hydrogen (secondary N) is 1. The Morgan fingerprint density at radius 2 is 1.55 bits per heavy atom. The SMILES string of the molecule is CCCCNC(=O)C(Cc1ccccc1)N(Cc1cccc(Cl)c1)C(=O)CN(c1ccc(C)cc1)S(=O)(=O)c1ccc(OCC)cc1. The van der Waals surface area contributed by atoms with E-state index in [9.17, 15) is 18.0 Å². The van der Waals surface area contributed by atoms with Crippen molar-refractivity contribution < 1.29 is 22.7 Å². The number of unbranched alkanes of at least 4 members (excludes halogenated alkanes) is 1. The summed E-state index contributed by atoms with van der Waals surface area (Å²) >= 11 is 6.32. The molecule has 8 nitrogen and oxygen atoms in total. The Hall–Kier alpha value is -4.34. The monoisotopic (exact) mass is 675 g/mol. The summed E-state index contributed by atoms with van der Waals surface area (Å²) in [6.07, 6.45) is 1.92. The van der Waals surface area contributed by atoms with Crippen molar-refractivity contribution in [2.75, 3.05) is 24.0 Å². The molecule has 1 N–H and O–H groups in total. The summed E-state index contributed by atoms with van der Waals surface area (Å²) in [5.74, 6) is -0.310. The Bertz CT molecular complexity index is 1720. The van der Waals surface area contributed by atoms with Gasteiger partial charge in [-0.15, -0.1) is 0 Å². The van der Waals surface area contributed by atoms with E-state index in [4.69, 9.17) is 16.3 Å². The smallest absolute Gasteiger partial charge is 0.264 e. The molecule has 0 spiro atoms. The van der Waals surface area contributed by atoms with E-state index < -0.39 is 28.5 Å². The van der Waals surface area contributed by atoms with Crippen molar-refractivity contribution in [1.29, 1.82) is 0 Å². The number of ether oxygens (including phenoxy) is 1.